The highest BCUT2D eigenvalue weighted by atomic mass is 16.3. The van der Waals surface area contributed by atoms with E-state index < -0.39 is 0 Å². The van der Waals surface area contributed by atoms with Gasteiger partial charge in [-0.25, -0.2) is 0 Å². The molecule has 0 fully saturated rings. The Morgan fingerprint density at radius 1 is 1.27 bits per heavy atom. The molecule has 1 aromatic rings. The first-order valence-electron chi connectivity index (χ1n) is 5.75. The fraction of sp³-hybridized carbons (Fsp3) is 0.538. The average molecular weight is 207 g/mol. The Labute approximate surface area is 92.3 Å². The van der Waals surface area contributed by atoms with Crippen molar-refractivity contribution in [3.05, 3.63) is 35.9 Å². The van der Waals surface area contributed by atoms with E-state index in [0.717, 1.165) is 13.0 Å². The van der Waals surface area contributed by atoms with Gasteiger partial charge < -0.3 is 10.4 Å². The van der Waals surface area contributed by atoms with E-state index >= 15 is 0 Å². The van der Waals surface area contributed by atoms with Crippen molar-refractivity contribution in [3.63, 3.8) is 0 Å². The zero-order chi connectivity index (χ0) is 10.9. The number of aliphatic hydroxyl groups is 1. The van der Waals surface area contributed by atoms with Crippen molar-refractivity contribution >= 4 is 0 Å². The highest BCUT2D eigenvalue weighted by Crippen LogP contribution is 2.02. The molecule has 0 amide bonds. The maximum absolute atomic E-state index is 9.17. The smallest absolute Gasteiger partial charge is 0.0584 e. The van der Waals surface area contributed by atoms with Crippen LogP contribution >= 0.6 is 0 Å². The second-order valence-electron chi connectivity index (χ2n) is 3.89. The second-order valence-corrected chi connectivity index (χ2v) is 3.89. The van der Waals surface area contributed by atoms with Crippen molar-refractivity contribution in [2.24, 2.45) is 0 Å². The molecule has 0 bridgehead atoms. The fourth-order valence-corrected chi connectivity index (χ4v) is 1.57. The Morgan fingerprint density at radius 3 is 2.60 bits per heavy atom. The summed E-state index contributed by atoms with van der Waals surface area (Å²) in [5.41, 5.74) is 1.27. The Hall–Kier alpha value is -0.860. The van der Waals surface area contributed by atoms with Gasteiger partial charge in [0.15, 0.2) is 0 Å². The molecule has 15 heavy (non-hydrogen) atoms. The standard InChI is InChI=1S/C13H21NO/c1-2-3-9-13(11-15)14-10-12-7-5-4-6-8-12/h4-8,13-15H,2-3,9-11H2,1H3/t13-/m0/s1. The molecule has 0 heterocycles. The Morgan fingerprint density at radius 2 is 2.00 bits per heavy atom. The molecule has 2 nitrogen and oxygen atoms in total. The van der Waals surface area contributed by atoms with Crippen molar-refractivity contribution in [1.82, 2.24) is 5.32 Å². The molecule has 0 aliphatic carbocycles. The van der Waals surface area contributed by atoms with Gasteiger partial charge in [0.05, 0.1) is 6.61 Å². The minimum atomic E-state index is 0.229. The summed E-state index contributed by atoms with van der Waals surface area (Å²) in [6.45, 7) is 3.24. The second kappa shape index (κ2) is 7.43. The van der Waals surface area contributed by atoms with Gasteiger partial charge in [-0.3, -0.25) is 0 Å². The van der Waals surface area contributed by atoms with E-state index in [4.69, 9.17) is 5.11 Å². The molecule has 2 heteroatoms. The van der Waals surface area contributed by atoms with E-state index in [1.807, 2.05) is 18.2 Å². The van der Waals surface area contributed by atoms with Gasteiger partial charge in [0.1, 0.15) is 0 Å². The fourth-order valence-electron chi connectivity index (χ4n) is 1.57. The van der Waals surface area contributed by atoms with Gasteiger partial charge in [0.25, 0.3) is 0 Å². The van der Waals surface area contributed by atoms with Crippen molar-refractivity contribution < 1.29 is 5.11 Å². The number of nitrogens with one attached hydrogen (secondary N) is 1. The summed E-state index contributed by atoms with van der Waals surface area (Å²) in [6, 6.07) is 10.5. The molecular weight excluding hydrogens is 186 g/mol. The first-order valence-corrected chi connectivity index (χ1v) is 5.75. The minimum Gasteiger partial charge on any atom is -0.395 e. The van der Waals surface area contributed by atoms with Crippen LogP contribution in [0.25, 0.3) is 0 Å². The van der Waals surface area contributed by atoms with Crippen LogP contribution in [0, 0.1) is 0 Å². The number of rotatable bonds is 7. The predicted octanol–water partition coefficient (Wildman–Crippen LogP) is 2.33. The minimum absolute atomic E-state index is 0.229. The van der Waals surface area contributed by atoms with E-state index in [-0.39, 0.29) is 12.6 Å². The summed E-state index contributed by atoms with van der Waals surface area (Å²) in [7, 11) is 0. The normalized spacial score (nSPS) is 12.7. The van der Waals surface area contributed by atoms with E-state index in [1.165, 1.54) is 18.4 Å². The number of hydrogen-bond donors (Lipinski definition) is 2. The van der Waals surface area contributed by atoms with Crippen molar-refractivity contribution in [2.45, 2.75) is 38.8 Å². The molecule has 0 spiro atoms. The molecule has 1 atom stereocenters. The maximum Gasteiger partial charge on any atom is 0.0584 e. The Balaban J connectivity index is 2.28. The molecule has 1 rings (SSSR count). The lowest BCUT2D eigenvalue weighted by molar-refractivity contribution is 0.232. The van der Waals surface area contributed by atoms with E-state index in [0.29, 0.717) is 0 Å². The van der Waals surface area contributed by atoms with Crippen molar-refractivity contribution in [2.75, 3.05) is 6.61 Å². The molecule has 0 aliphatic heterocycles. The largest absolute Gasteiger partial charge is 0.395 e. The zero-order valence-electron chi connectivity index (χ0n) is 9.45. The third kappa shape index (κ3) is 4.96. The number of unbranched alkanes of at least 4 members (excludes halogenated alkanes) is 1. The van der Waals surface area contributed by atoms with Gasteiger partial charge in [-0.15, -0.1) is 0 Å². The summed E-state index contributed by atoms with van der Waals surface area (Å²) in [5, 5.41) is 12.5. The molecule has 84 valence electrons. The zero-order valence-corrected chi connectivity index (χ0v) is 9.45. The summed E-state index contributed by atoms with van der Waals surface area (Å²) < 4.78 is 0. The molecule has 0 saturated carbocycles. The first kappa shape index (κ1) is 12.2. The van der Waals surface area contributed by atoms with Crippen LogP contribution in [-0.2, 0) is 6.54 Å². The summed E-state index contributed by atoms with van der Waals surface area (Å²) in [6.07, 6.45) is 3.41. The third-order valence-electron chi connectivity index (χ3n) is 2.56. The van der Waals surface area contributed by atoms with Gasteiger partial charge in [-0.1, -0.05) is 50.1 Å². The van der Waals surface area contributed by atoms with Crippen LogP contribution in [-0.4, -0.2) is 17.8 Å². The average Bonchev–Trinajstić information content (AvgIpc) is 2.31. The summed E-state index contributed by atoms with van der Waals surface area (Å²) >= 11 is 0. The highest BCUT2D eigenvalue weighted by molar-refractivity contribution is 5.14. The van der Waals surface area contributed by atoms with Crippen LogP contribution in [0.1, 0.15) is 31.7 Å². The molecule has 0 aromatic heterocycles. The van der Waals surface area contributed by atoms with Gasteiger partial charge in [0.2, 0.25) is 0 Å². The van der Waals surface area contributed by atoms with Crippen LogP contribution in [0.5, 0.6) is 0 Å². The van der Waals surface area contributed by atoms with Gasteiger partial charge in [-0.2, -0.15) is 0 Å². The molecule has 0 aliphatic rings. The van der Waals surface area contributed by atoms with Gasteiger partial charge >= 0.3 is 0 Å². The third-order valence-corrected chi connectivity index (χ3v) is 2.56. The SMILES string of the molecule is CCCC[C@@H](CO)NCc1ccccc1. The van der Waals surface area contributed by atoms with Crippen LogP contribution in [0.15, 0.2) is 30.3 Å². The first-order chi connectivity index (χ1) is 7.36. The monoisotopic (exact) mass is 207 g/mol. The quantitative estimate of drug-likeness (QED) is 0.719. The maximum atomic E-state index is 9.17. The topological polar surface area (TPSA) is 32.3 Å². The van der Waals surface area contributed by atoms with Gasteiger partial charge in [0, 0.05) is 12.6 Å². The van der Waals surface area contributed by atoms with E-state index in [9.17, 15) is 0 Å². The van der Waals surface area contributed by atoms with Crippen LogP contribution in [0.4, 0.5) is 0 Å². The number of aliphatic hydroxyl groups excluding tert-OH is 1. The predicted molar refractivity (Wildman–Crippen MR) is 63.7 cm³/mol. The molecule has 0 radical (unpaired) electrons. The number of hydrogen-bond acceptors (Lipinski definition) is 2. The molecule has 2 N–H and O–H groups in total. The molecular formula is C13H21NO. The molecule has 1 aromatic carbocycles. The molecule has 0 unspecified atom stereocenters. The van der Waals surface area contributed by atoms with Crippen molar-refractivity contribution in [3.8, 4) is 0 Å². The number of benzene rings is 1. The highest BCUT2D eigenvalue weighted by Gasteiger charge is 2.05. The van der Waals surface area contributed by atoms with Crippen molar-refractivity contribution in [1.29, 1.82) is 0 Å². The lowest BCUT2D eigenvalue weighted by Gasteiger charge is -2.15. The Kier molecular flexibility index (Phi) is 6.05. The van der Waals surface area contributed by atoms with Crippen LogP contribution < -0.4 is 5.32 Å². The van der Waals surface area contributed by atoms with E-state index in [1.54, 1.807) is 0 Å². The Bertz CT molecular complexity index is 248. The summed E-state index contributed by atoms with van der Waals surface area (Å²) in [4.78, 5) is 0. The molecule has 0 saturated heterocycles. The lowest BCUT2D eigenvalue weighted by atomic mass is 10.1. The van der Waals surface area contributed by atoms with Crippen LogP contribution in [0.3, 0.4) is 0 Å². The lowest BCUT2D eigenvalue weighted by Crippen LogP contribution is -2.31. The van der Waals surface area contributed by atoms with Gasteiger partial charge in [-0.05, 0) is 12.0 Å². The van der Waals surface area contributed by atoms with Crippen LogP contribution in [0.2, 0.25) is 0 Å². The van der Waals surface area contributed by atoms with E-state index in [2.05, 4.69) is 24.4 Å². The summed E-state index contributed by atoms with van der Waals surface area (Å²) in [5.74, 6) is 0.